The molecule has 126 valence electrons. The van der Waals surface area contributed by atoms with E-state index in [9.17, 15) is 9.59 Å². The van der Waals surface area contributed by atoms with E-state index < -0.39 is 0 Å². The Morgan fingerprint density at radius 1 is 1.52 bits per heavy atom. The Hall–Kier alpha value is -1.44. The van der Waals surface area contributed by atoms with Crippen molar-refractivity contribution in [3.8, 4) is 0 Å². The first-order valence-electron chi connectivity index (χ1n) is 7.44. The first kappa shape index (κ1) is 17.9. The second-order valence-corrected chi connectivity index (χ2v) is 7.15. The maximum atomic E-state index is 12.5. The summed E-state index contributed by atoms with van der Waals surface area (Å²) >= 11 is 1.50. The van der Waals surface area contributed by atoms with Crippen molar-refractivity contribution in [1.82, 2.24) is 14.9 Å². The van der Waals surface area contributed by atoms with Gasteiger partial charge in [0.1, 0.15) is 11.4 Å². The zero-order valence-corrected chi connectivity index (χ0v) is 14.8. The molecular weight excluding hydrogens is 336 g/mol. The second-order valence-electron chi connectivity index (χ2n) is 5.95. The van der Waals surface area contributed by atoms with Gasteiger partial charge in [-0.3, -0.25) is 14.2 Å². The number of hydrogen-bond donors (Lipinski definition) is 2. The molecule has 0 aromatic carbocycles. The van der Waals surface area contributed by atoms with E-state index in [1.807, 2.05) is 13.8 Å². The lowest BCUT2D eigenvalue weighted by atomic mass is 10.2. The number of carbonyl (C=O) groups is 1. The number of halogens is 1. The number of nitrogens with zero attached hydrogens (tertiary/aromatic N) is 2. The summed E-state index contributed by atoms with van der Waals surface area (Å²) in [6, 6.07) is 0.0167. The minimum Gasteiger partial charge on any atom is -0.353 e. The van der Waals surface area contributed by atoms with Gasteiger partial charge in [0, 0.05) is 17.5 Å². The molecule has 1 saturated carbocycles. The second kappa shape index (κ2) is 6.98. The van der Waals surface area contributed by atoms with Crippen LogP contribution in [0.1, 0.15) is 23.3 Å². The lowest BCUT2D eigenvalue weighted by Gasteiger charge is -2.12. The van der Waals surface area contributed by atoms with Crippen LogP contribution in [0.15, 0.2) is 11.1 Å². The third kappa shape index (κ3) is 3.73. The molecule has 1 atom stereocenters. The highest BCUT2D eigenvalue weighted by Gasteiger charge is 2.28. The van der Waals surface area contributed by atoms with Crippen LogP contribution in [0.3, 0.4) is 0 Å². The summed E-state index contributed by atoms with van der Waals surface area (Å²) in [6.07, 6.45) is 3.74. The maximum absolute atomic E-state index is 12.5. The van der Waals surface area contributed by atoms with Crippen LogP contribution in [-0.4, -0.2) is 28.0 Å². The van der Waals surface area contributed by atoms with Gasteiger partial charge in [0.15, 0.2) is 0 Å². The van der Waals surface area contributed by atoms with Gasteiger partial charge in [-0.15, -0.1) is 23.7 Å². The van der Waals surface area contributed by atoms with Gasteiger partial charge in [-0.05, 0) is 38.2 Å². The predicted molar refractivity (Wildman–Crippen MR) is 94.3 cm³/mol. The summed E-state index contributed by atoms with van der Waals surface area (Å²) in [5, 5.41) is 3.42. The molecule has 2 aromatic heterocycles. The highest BCUT2D eigenvalue weighted by atomic mass is 35.5. The number of hydrogen-bond acceptors (Lipinski definition) is 5. The smallest absolute Gasteiger partial charge is 0.262 e. The summed E-state index contributed by atoms with van der Waals surface area (Å²) in [5.74, 6) is 0.335. The first-order valence-corrected chi connectivity index (χ1v) is 8.26. The molecule has 1 amide bonds. The largest absolute Gasteiger partial charge is 0.353 e. The van der Waals surface area contributed by atoms with Crippen LogP contribution in [0, 0.1) is 19.8 Å². The number of amides is 1. The fourth-order valence-electron chi connectivity index (χ4n) is 2.52. The maximum Gasteiger partial charge on any atom is 0.262 e. The highest BCUT2D eigenvalue weighted by Crippen LogP contribution is 2.31. The van der Waals surface area contributed by atoms with E-state index in [4.69, 9.17) is 5.73 Å². The van der Waals surface area contributed by atoms with E-state index >= 15 is 0 Å². The monoisotopic (exact) mass is 356 g/mol. The van der Waals surface area contributed by atoms with Crippen molar-refractivity contribution >= 4 is 39.9 Å². The standard InChI is InChI=1S/C15H20N4O2S.ClH/c1-8-9(2)22-14-13(8)15(21)19(7-18-14)6-12(20)17-5-11(16)10-3-4-10;/h7,10-11H,3-6,16H2,1-2H3,(H,17,20);1H. The number of thiophene rings is 1. The van der Waals surface area contributed by atoms with Gasteiger partial charge in [-0.2, -0.15) is 0 Å². The van der Waals surface area contributed by atoms with Crippen LogP contribution >= 0.6 is 23.7 Å². The lowest BCUT2D eigenvalue weighted by Crippen LogP contribution is -2.41. The number of carbonyl (C=O) groups excluding carboxylic acids is 1. The number of aryl methyl sites for hydroxylation is 2. The van der Waals surface area contributed by atoms with Crippen molar-refractivity contribution in [2.75, 3.05) is 6.54 Å². The molecule has 3 rings (SSSR count). The van der Waals surface area contributed by atoms with E-state index in [0.717, 1.165) is 28.1 Å². The molecule has 1 fully saturated rings. The predicted octanol–water partition coefficient (Wildman–Crippen LogP) is 1.35. The molecule has 1 aliphatic rings. The SMILES string of the molecule is Cc1sc2ncn(CC(=O)NCC(N)C3CC3)c(=O)c2c1C.Cl. The van der Waals surface area contributed by atoms with E-state index in [1.54, 1.807) is 0 Å². The average Bonchev–Trinajstić information content (AvgIpc) is 3.28. The molecule has 23 heavy (non-hydrogen) atoms. The van der Waals surface area contributed by atoms with Crippen LogP contribution in [-0.2, 0) is 11.3 Å². The lowest BCUT2D eigenvalue weighted by molar-refractivity contribution is -0.121. The van der Waals surface area contributed by atoms with E-state index in [1.165, 1.54) is 22.2 Å². The Labute approximate surface area is 144 Å². The molecule has 0 radical (unpaired) electrons. The van der Waals surface area contributed by atoms with Crippen LogP contribution in [0.25, 0.3) is 10.2 Å². The minimum atomic E-state index is -0.205. The molecule has 2 heterocycles. The first-order chi connectivity index (χ1) is 10.5. The fraction of sp³-hybridized carbons (Fsp3) is 0.533. The summed E-state index contributed by atoms with van der Waals surface area (Å²) in [7, 11) is 0. The third-order valence-corrected chi connectivity index (χ3v) is 5.35. The number of nitrogens with two attached hydrogens (primary N) is 1. The summed E-state index contributed by atoms with van der Waals surface area (Å²) in [5.41, 5.74) is 6.74. The minimum absolute atomic E-state index is 0. The molecule has 0 aliphatic heterocycles. The molecule has 0 saturated heterocycles. The quantitative estimate of drug-likeness (QED) is 0.846. The van der Waals surface area contributed by atoms with Gasteiger partial charge in [0.25, 0.3) is 5.56 Å². The molecular formula is C15H21ClN4O2S. The number of fused-ring (bicyclic) bond motifs is 1. The zero-order chi connectivity index (χ0) is 15.9. The number of aromatic nitrogens is 2. The molecule has 0 bridgehead atoms. The fourth-order valence-corrected chi connectivity index (χ4v) is 3.50. The molecule has 8 heteroatoms. The summed E-state index contributed by atoms with van der Waals surface area (Å²) in [6.45, 7) is 4.33. The van der Waals surface area contributed by atoms with E-state index in [2.05, 4.69) is 10.3 Å². The van der Waals surface area contributed by atoms with Gasteiger partial charge < -0.3 is 11.1 Å². The van der Waals surface area contributed by atoms with Crippen LogP contribution in [0.5, 0.6) is 0 Å². The van der Waals surface area contributed by atoms with Crippen LogP contribution in [0.2, 0.25) is 0 Å². The van der Waals surface area contributed by atoms with Crippen LogP contribution in [0.4, 0.5) is 0 Å². The summed E-state index contributed by atoms with van der Waals surface area (Å²) in [4.78, 5) is 30.6. The van der Waals surface area contributed by atoms with E-state index in [-0.39, 0.29) is 36.5 Å². The van der Waals surface area contributed by atoms with Crippen molar-refractivity contribution in [2.24, 2.45) is 11.7 Å². The van der Waals surface area contributed by atoms with Gasteiger partial charge in [0.2, 0.25) is 5.91 Å². The van der Waals surface area contributed by atoms with Crippen molar-refractivity contribution in [1.29, 1.82) is 0 Å². The normalized spacial score (nSPS) is 15.3. The van der Waals surface area contributed by atoms with Gasteiger partial charge in [-0.1, -0.05) is 0 Å². The van der Waals surface area contributed by atoms with Crippen molar-refractivity contribution in [3.05, 3.63) is 27.1 Å². The Balaban J connectivity index is 0.00000192. The Morgan fingerprint density at radius 2 is 2.22 bits per heavy atom. The summed E-state index contributed by atoms with van der Waals surface area (Å²) < 4.78 is 1.36. The topological polar surface area (TPSA) is 90.0 Å². The molecule has 2 aromatic rings. The third-order valence-electron chi connectivity index (χ3n) is 4.23. The molecule has 1 unspecified atom stereocenters. The van der Waals surface area contributed by atoms with Crippen molar-refractivity contribution in [3.63, 3.8) is 0 Å². The van der Waals surface area contributed by atoms with Gasteiger partial charge in [0.05, 0.1) is 11.7 Å². The van der Waals surface area contributed by atoms with E-state index in [0.29, 0.717) is 17.8 Å². The zero-order valence-electron chi connectivity index (χ0n) is 13.2. The Morgan fingerprint density at radius 3 is 2.87 bits per heavy atom. The average molecular weight is 357 g/mol. The molecule has 0 spiro atoms. The number of nitrogens with one attached hydrogen (secondary N) is 1. The van der Waals surface area contributed by atoms with Gasteiger partial charge in [-0.25, -0.2) is 4.98 Å². The molecule has 6 nitrogen and oxygen atoms in total. The Kier molecular flexibility index (Phi) is 5.44. The van der Waals surface area contributed by atoms with Gasteiger partial charge >= 0.3 is 0 Å². The molecule has 1 aliphatic carbocycles. The van der Waals surface area contributed by atoms with Crippen molar-refractivity contribution < 1.29 is 4.79 Å². The molecule has 3 N–H and O–H groups in total. The van der Waals surface area contributed by atoms with Crippen molar-refractivity contribution in [2.45, 2.75) is 39.3 Å². The Bertz CT molecular complexity index is 782. The highest BCUT2D eigenvalue weighted by molar-refractivity contribution is 7.18. The number of rotatable bonds is 5. The van der Waals surface area contributed by atoms with Crippen LogP contribution < -0.4 is 16.6 Å².